The van der Waals surface area contributed by atoms with E-state index >= 15 is 0 Å². The molecule has 2 atom stereocenters. The normalized spacial score (nSPS) is 26.1. The molecule has 1 aromatic carbocycles. The van der Waals surface area contributed by atoms with Crippen LogP contribution in [0.3, 0.4) is 0 Å². The molecule has 0 radical (unpaired) electrons. The quantitative estimate of drug-likeness (QED) is 0.803. The minimum atomic E-state index is -0.185. The fourth-order valence-electron chi connectivity index (χ4n) is 3.07. The van der Waals surface area contributed by atoms with Crippen LogP contribution in [0.4, 0.5) is 0 Å². The Morgan fingerprint density at radius 1 is 1.53 bits per heavy atom. The number of hydrogen-bond acceptors (Lipinski definition) is 2. The van der Waals surface area contributed by atoms with Gasteiger partial charge in [-0.3, -0.25) is 0 Å². The lowest BCUT2D eigenvalue weighted by Crippen LogP contribution is -2.18. The predicted octanol–water partition coefficient (Wildman–Crippen LogP) is 4.72. The molecule has 0 spiro atoms. The van der Waals surface area contributed by atoms with E-state index in [0.29, 0.717) is 5.92 Å². The van der Waals surface area contributed by atoms with E-state index in [1.807, 2.05) is 18.2 Å². The third-order valence-corrected chi connectivity index (χ3v) is 5.08. The first-order valence-electron chi connectivity index (χ1n) is 6.86. The fourth-order valence-corrected chi connectivity index (χ4v) is 3.45. The van der Waals surface area contributed by atoms with Crippen molar-refractivity contribution in [2.24, 2.45) is 11.3 Å². The number of nitriles is 1. The zero-order valence-corrected chi connectivity index (χ0v) is 13.2. The SMILES string of the molecule is CCC1CCC(C#N)(Cc2cc(OC)ccc2Br)C1. The largest absolute Gasteiger partial charge is 0.497 e. The van der Waals surface area contributed by atoms with Crippen LogP contribution in [-0.4, -0.2) is 7.11 Å². The molecule has 0 N–H and O–H groups in total. The Labute approximate surface area is 123 Å². The van der Waals surface area contributed by atoms with Gasteiger partial charge in [0, 0.05) is 4.47 Å². The number of benzene rings is 1. The Balaban J connectivity index is 2.22. The first kappa shape index (κ1) is 14.4. The number of nitrogens with zero attached hydrogens (tertiary/aromatic N) is 1. The van der Waals surface area contributed by atoms with Crippen molar-refractivity contribution in [3.05, 3.63) is 28.2 Å². The van der Waals surface area contributed by atoms with E-state index in [1.165, 1.54) is 18.4 Å². The molecule has 2 rings (SSSR count). The molecule has 0 saturated heterocycles. The summed E-state index contributed by atoms with van der Waals surface area (Å²) in [5.41, 5.74) is 0.993. The molecule has 0 bridgehead atoms. The van der Waals surface area contributed by atoms with Crippen molar-refractivity contribution in [3.8, 4) is 11.8 Å². The Morgan fingerprint density at radius 2 is 2.32 bits per heavy atom. The molecular weight excluding hydrogens is 302 g/mol. The van der Waals surface area contributed by atoms with Gasteiger partial charge in [-0.05, 0) is 55.4 Å². The molecule has 0 heterocycles. The maximum atomic E-state index is 9.61. The lowest BCUT2D eigenvalue weighted by molar-refractivity contribution is 0.378. The van der Waals surface area contributed by atoms with E-state index in [2.05, 4.69) is 28.9 Å². The molecule has 1 aliphatic carbocycles. The summed E-state index contributed by atoms with van der Waals surface area (Å²) in [7, 11) is 1.68. The van der Waals surface area contributed by atoms with Crippen molar-refractivity contribution < 1.29 is 4.74 Å². The highest BCUT2D eigenvalue weighted by molar-refractivity contribution is 9.10. The minimum Gasteiger partial charge on any atom is -0.497 e. The molecule has 1 fully saturated rings. The molecule has 1 aromatic rings. The number of ether oxygens (including phenoxy) is 1. The zero-order chi connectivity index (χ0) is 13.9. The van der Waals surface area contributed by atoms with Gasteiger partial charge in [0.2, 0.25) is 0 Å². The number of halogens is 1. The maximum Gasteiger partial charge on any atom is 0.119 e. The van der Waals surface area contributed by atoms with Gasteiger partial charge in [-0.15, -0.1) is 0 Å². The summed E-state index contributed by atoms with van der Waals surface area (Å²) in [4.78, 5) is 0. The van der Waals surface area contributed by atoms with E-state index < -0.39 is 0 Å². The molecular formula is C16H20BrNO. The second-order valence-electron chi connectivity index (χ2n) is 5.54. The van der Waals surface area contributed by atoms with Crippen molar-refractivity contribution >= 4 is 15.9 Å². The number of methoxy groups -OCH3 is 1. The maximum absolute atomic E-state index is 9.61. The predicted molar refractivity (Wildman–Crippen MR) is 80.1 cm³/mol. The first-order chi connectivity index (χ1) is 9.12. The Kier molecular flexibility index (Phi) is 4.52. The van der Waals surface area contributed by atoms with E-state index in [1.54, 1.807) is 7.11 Å². The Bertz CT molecular complexity index is 494. The molecule has 19 heavy (non-hydrogen) atoms. The summed E-state index contributed by atoms with van der Waals surface area (Å²) < 4.78 is 6.35. The Hall–Kier alpha value is -1.01. The van der Waals surface area contributed by atoms with Gasteiger partial charge in [-0.25, -0.2) is 0 Å². The highest BCUT2D eigenvalue weighted by Gasteiger charge is 2.39. The van der Waals surface area contributed by atoms with Gasteiger partial charge < -0.3 is 4.74 Å². The molecule has 2 nitrogen and oxygen atoms in total. The average molecular weight is 322 g/mol. The summed E-state index contributed by atoms with van der Waals surface area (Å²) >= 11 is 3.59. The first-order valence-corrected chi connectivity index (χ1v) is 7.65. The Morgan fingerprint density at radius 3 is 2.89 bits per heavy atom. The summed E-state index contributed by atoms with van der Waals surface area (Å²) in [6, 6.07) is 8.58. The van der Waals surface area contributed by atoms with Crippen LogP contribution >= 0.6 is 15.9 Å². The lowest BCUT2D eigenvalue weighted by Gasteiger charge is -2.22. The van der Waals surface area contributed by atoms with E-state index in [0.717, 1.165) is 29.5 Å². The standard InChI is InChI=1S/C16H20BrNO/c1-3-12-6-7-16(9-12,11-18)10-13-8-14(19-2)4-5-15(13)17/h4-5,8,12H,3,6-7,9-10H2,1-2H3. The van der Waals surface area contributed by atoms with Gasteiger partial charge in [0.25, 0.3) is 0 Å². The van der Waals surface area contributed by atoms with Gasteiger partial charge in [0.1, 0.15) is 5.75 Å². The highest BCUT2D eigenvalue weighted by Crippen LogP contribution is 2.46. The third-order valence-electron chi connectivity index (χ3n) is 4.31. The smallest absolute Gasteiger partial charge is 0.119 e. The topological polar surface area (TPSA) is 33.0 Å². The van der Waals surface area contributed by atoms with E-state index in [4.69, 9.17) is 4.74 Å². The van der Waals surface area contributed by atoms with Gasteiger partial charge in [-0.2, -0.15) is 5.26 Å². The van der Waals surface area contributed by atoms with Crippen LogP contribution in [0.2, 0.25) is 0 Å². The summed E-state index contributed by atoms with van der Waals surface area (Å²) in [6.07, 6.45) is 5.24. The van der Waals surface area contributed by atoms with E-state index in [9.17, 15) is 5.26 Å². The monoisotopic (exact) mass is 321 g/mol. The molecule has 3 heteroatoms. The molecule has 102 valence electrons. The lowest BCUT2D eigenvalue weighted by atomic mass is 9.80. The van der Waals surface area contributed by atoms with Crippen LogP contribution in [0.15, 0.2) is 22.7 Å². The van der Waals surface area contributed by atoms with Crippen LogP contribution in [0.1, 0.15) is 38.2 Å². The molecule has 1 saturated carbocycles. The highest BCUT2D eigenvalue weighted by atomic mass is 79.9. The molecule has 2 unspecified atom stereocenters. The van der Waals surface area contributed by atoms with Gasteiger partial charge in [0.05, 0.1) is 18.6 Å². The molecule has 1 aliphatic rings. The summed E-state index contributed by atoms with van der Waals surface area (Å²) in [6.45, 7) is 2.22. The van der Waals surface area contributed by atoms with Crippen molar-refractivity contribution in [1.82, 2.24) is 0 Å². The van der Waals surface area contributed by atoms with E-state index in [-0.39, 0.29) is 5.41 Å². The molecule has 0 aliphatic heterocycles. The summed E-state index contributed by atoms with van der Waals surface area (Å²) in [5, 5.41) is 9.61. The van der Waals surface area contributed by atoms with Crippen LogP contribution in [0, 0.1) is 22.7 Å². The molecule has 0 amide bonds. The van der Waals surface area contributed by atoms with Gasteiger partial charge in [-0.1, -0.05) is 29.3 Å². The zero-order valence-electron chi connectivity index (χ0n) is 11.6. The summed E-state index contributed by atoms with van der Waals surface area (Å²) in [5.74, 6) is 1.57. The van der Waals surface area contributed by atoms with Crippen molar-refractivity contribution in [1.29, 1.82) is 5.26 Å². The van der Waals surface area contributed by atoms with Gasteiger partial charge in [0.15, 0.2) is 0 Å². The average Bonchev–Trinajstić information content (AvgIpc) is 2.85. The minimum absolute atomic E-state index is 0.185. The molecule has 0 aromatic heterocycles. The van der Waals surface area contributed by atoms with Gasteiger partial charge >= 0.3 is 0 Å². The third kappa shape index (κ3) is 3.12. The van der Waals surface area contributed by atoms with Crippen LogP contribution in [0.25, 0.3) is 0 Å². The van der Waals surface area contributed by atoms with Crippen LogP contribution in [0.5, 0.6) is 5.75 Å². The van der Waals surface area contributed by atoms with Crippen molar-refractivity contribution in [2.45, 2.75) is 39.0 Å². The second kappa shape index (κ2) is 5.96. The fraction of sp³-hybridized carbons (Fsp3) is 0.562. The van der Waals surface area contributed by atoms with Crippen molar-refractivity contribution in [2.75, 3.05) is 7.11 Å². The second-order valence-corrected chi connectivity index (χ2v) is 6.40. The van der Waals surface area contributed by atoms with Crippen molar-refractivity contribution in [3.63, 3.8) is 0 Å². The van der Waals surface area contributed by atoms with Crippen LogP contribution < -0.4 is 4.74 Å². The number of hydrogen-bond donors (Lipinski definition) is 0. The number of rotatable bonds is 4. The van der Waals surface area contributed by atoms with Crippen LogP contribution in [-0.2, 0) is 6.42 Å².